The molecule has 1 unspecified atom stereocenters. The van der Waals surface area contributed by atoms with Crippen LogP contribution >= 0.6 is 0 Å². The number of nitrogens with zero attached hydrogens (tertiary/aromatic N) is 2. The van der Waals surface area contributed by atoms with E-state index in [-0.39, 0.29) is 6.17 Å². The Kier molecular flexibility index (Phi) is 9.64. The summed E-state index contributed by atoms with van der Waals surface area (Å²) in [7, 11) is 1.98. The van der Waals surface area contributed by atoms with Gasteiger partial charge in [-0.3, -0.25) is 9.68 Å². The van der Waals surface area contributed by atoms with E-state index in [9.17, 15) is 0 Å². The first-order valence-corrected chi connectivity index (χ1v) is 7.25. The molecule has 110 valence electrons. The molecule has 18 heavy (non-hydrogen) atoms. The van der Waals surface area contributed by atoms with Gasteiger partial charge in [0.25, 0.3) is 0 Å². The van der Waals surface area contributed by atoms with Crippen molar-refractivity contribution in [3.8, 4) is 0 Å². The van der Waals surface area contributed by atoms with Crippen LogP contribution in [0.4, 0.5) is 0 Å². The van der Waals surface area contributed by atoms with Crippen LogP contribution in [0.25, 0.3) is 0 Å². The molecule has 4 heteroatoms. The zero-order valence-corrected chi connectivity index (χ0v) is 13.3. The molecule has 1 atom stereocenters. The second-order valence-corrected chi connectivity index (χ2v) is 5.14. The molecule has 0 aliphatic heterocycles. The van der Waals surface area contributed by atoms with Crippen LogP contribution in [0.15, 0.2) is 0 Å². The van der Waals surface area contributed by atoms with Crippen LogP contribution in [0.3, 0.4) is 0 Å². The molecule has 0 spiro atoms. The zero-order chi connectivity index (χ0) is 14.1. The SMILES string of the molecule is CCC(CC)ON(C)C(C)N(CC)OCC(C)C. The maximum atomic E-state index is 5.91. The highest BCUT2D eigenvalue weighted by Crippen LogP contribution is 2.11. The van der Waals surface area contributed by atoms with Crippen molar-refractivity contribution in [2.24, 2.45) is 5.92 Å². The zero-order valence-electron chi connectivity index (χ0n) is 13.3. The highest BCUT2D eigenvalue weighted by atomic mass is 16.7. The summed E-state index contributed by atoms with van der Waals surface area (Å²) in [5, 5.41) is 3.88. The van der Waals surface area contributed by atoms with Gasteiger partial charge in [0.05, 0.1) is 12.7 Å². The van der Waals surface area contributed by atoms with Gasteiger partial charge in [0.1, 0.15) is 6.17 Å². The van der Waals surface area contributed by atoms with Gasteiger partial charge in [0.15, 0.2) is 0 Å². The maximum Gasteiger partial charge on any atom is 0.107 e. The molecular weight excluding hydrogens is 228 g/mol. The van der Waals surface area contributed by atoms with E-state index in [0.29, 0.717) is 12.0 Å². The molecule has 0 rings (SSSR count). The largest absolute Gasteiger partial charge is 0.297 e. The van der Waals surface area contributed by atoms with Gasteiger partial charge in [0, 0.05) is 13.6 Å². The van der Waals surface area contributed by atoms with E-state index in [1.54, 1.807) is 0 Å². The summed E-state index contributed by atoms with van der Waals surface area (Å²) < 4.78 is 0. The summed E-state index contributed by atoms with van der Waals surface area (Å²) in [6.07, 6.45) is 2.48. The molecule has 4 nitrogen and oxygen atoms in total. The second kappa shape index (κ2) is 9.73. The fourth-order valence-electron chi connectivity index (χ4n) is 1.65. The molecule has 0 fully saturated rings. The molecule has 0 aromatic heterocycles. The molecule has 0 N–H and O–H groups in total. The molecule has 0 saturated carbocycles. The lowest BCUT2D eigenvalue weighted by molar-refractivity contribution is -0.298. The Balaban J connectivity index is 4.25. The summed E-state index contributed by atoms with van der Waals surface area (Å²) in [6.45, 7) is 14.4. The second-order valence-electron chi connectivity index (χ2n) is 5.14. The minimum Gasteiger partial charge on any atom is -0.297 e. The Bertz CT molecular complexity index is 196. The number of hydroxylamine groups is 4. The van der Waals surface area contributed by atoms with E-state index in [1.165, 1.54) is 0 Å². The number of rotatable bonds is 10. The lowest BCUT2D eigenvalue weighted by Gasteiger charge is -2.35. The molecule has 0 aliphatic rings. The summed E-state index contributed by atoms with van der Waals surface area (Å²) in [4.78, 5) is 11.7. The molecule has 0 aromatic carbocycles. The predicted octanol–water partition coefficient (Wildman–Crippen LogP) is 3.29. The van der Waals surface area contributed by atoms with Gasteiger partial charge < -0.3 is 0 Å². The van der Waals surface area contributed by atoms with Crippen LogP contribution < -0.4 is 0 Å². The highest BCUT2D eigenvalue weighted by Gasteiger charge is 2.20. The van der Waals surface area contributed by atoms with E-state index < -0.39 is 0 Å². The van der Waals surface area contributed by atoms with Crippen molar-refractivity contribution >= 4 is 0 Å². The molecule has 0 heterocycles. The fourth-order valence-corrected chi connectivity index (χ4v) is 1.65. The van der Waals surface area contributed by atoms with Gasteiger partial charge in [-0.2, -0.15) is 10.1 Å². The van der Waals surface area contributed by atoms with E-state index in [2.05, 4.69) is 41.5 Å². The van der Waals surface area contributed by atoms with Crippen LogP contribution in [0.1, 0.15) is 54.4 Å². The highest BCUT2D eigenvalue weighted by molar-refractivity contribution is 4.56. The Morgan fingerprint density at radius 1 is 1.00 bits per heavy atom. The molecule has 0 amide bonds. The molecule has 0 aliphatic carbocycles. The van der Waals surface area contributed by atoms with Gasteiger partial charge in [-0.05, 0) is 25.7 Å². The first-order chi connectivity index (χ1) is 8.46. The third kappa shape index (κ3) is 6.69. The van der Waals surface area contributed by atoms with Crippen LogP contribution in [0.2, 0.25) is 0 Å². The minimum absolute atomic E-state index is 0.120. The predicted molar refractivity (Wildman–Crippen MR) is 75.9 cm³/mol. The summed E-state index contributed by atoms with van der Waals surface area (Å²) >= 11 is 0. The Hall–Kier alpha value is -0.160. The molecular formula is C14H32N2O2. The molecule has 0 saturated heterocycles. The van der Waals surface area contributed by atoms with Gasteiger partial charge >= 0.3 is 0 Å². The van der Waals surface area contributed by atoms with Gasteiger partial charge in [-0.15, -0.1) is 0 Å². The van der Waals surface area contributed by atoms with Crippen molar-refractivity contribution < 1.29 is 9.68 Å². The minimum atomic E-state index is 0.120. The Labute approximate surface area is 113 Å². The quantitative estimate of drug-likeness (QED) is 0.444. The average Bonchev–Trinajstić information content (AvgIpc) is 2.35. The number of hydrogen-bond acceptors (Lipinski definition) is 4. The standard InChI is InChI=1S/C14H32N2O2/c1-8-14(9-2)18-15(7)13(6)16(10-3)17-11-12(4)5/h12-14H,8-11H2,1-7H3. The summed E-state index contributed by atoms with van der Waals surface area (Å²) in [5.41, 5.74) is 0. The van der Waals surface area contributed by atoms with Crippen LogP contribution in [0.5, 0.6) is 0 Å². The monoisotopic (exact) mass is 260 g/mol. The van der Waals surface area contributed by atoms with E-state index >= 15 is 0 Å². The van der Waals surface area contributed by atoms with Gasteiger partial charge in [-0.1, -0.05) is 34.6 Å². The van der Waals surface area contributed by atoms with Crippen molar-refractivity contribution in [1.29, 1.82) is 0 Å². The Morgan fingerprint density at radius 2 is 1.56 bits per heavy atom. The topological polar surface area (TPSA) is 24.9 Å². The van der Waals surface area contributed by atoms with Gasteiger partial charge in [0.2, 0.25) is 0 Å². The van der Waals surface area contributed by atoms with Crippen LogP contribution in [-0.2, 0) is 9.68 Å². The van der Waals surface area contributed by atoms with Crippen molar-refractivity contribution in [2.75, 3.05) is 20.2 Å². The first-order valence-electron chi connectivity index (χ1n) is 7.25. The average molecular weight is 260 g/mol. The summed E-state index contributed by atoms with van der Waals surface area (Å²) in [6, 6.07) is 0. The number of hydrogen-bond donors (Lipinski definition) is 0. The Morgan fingerprint density at radius 3 is 1.94 bits per heavy atom. The normalized spacial score (nSPS) is 14.2. The van der Waals surface area contributed by atoms with Crippen molar-refractivity contribution in [3.05, 3.63) is 0 Å². The van der Waals surface area contributed by atoms with E-state index in [0.717, 1.165) is 26.0 Å². The van der Waals surface area contributed by atoms with Crippen molar-refractivity contribution in [2.45, 2.75) is 66.7 Å². The summed E-state index contributed by atoms with van der Waals surface area (Å²) in [5.74, 6) is 0.538. The molecule has 0 bridgehead atoms. The van der Waals surface area contributed by atoms with Crippen molar-refractivity contribution in [1.82, 2.24) is 10.1 Å². The first kappa shape index (κ1) is 17.8. The van der Waals surface area contributed by atoms with E-state index in [1.807, 2.05) is 17.2 Å². The van der Waals surface area contributed by atoms with Crippen LogP contribution in [0, 0.1) is 5.92 Å². The fraction of sp³-hybridized carbons (Fsp3) is 1.00. The third-order valence-electron chi connectivity index (χ3n) is 3.05. The molecule has 0 aromatic rings. The maximum absolute atomic E-state index is 5.91. The lowest BCUT2D eigenvalue weighted by atomic mass is 10.2. The smallest absolute Gasteiger partial charge is 0.107 e. The van der Waals surface area contributed by atoms with E-state index in [4.69, 9.17) is 9.68 Å². The third-order valence-corrected chi connectivity index (χ3v) is 3.05. The molecule has 0 radical (unpaired) electrons. The lowest BCUT2D eigenvalue weighted by Crippen LogP contribution is -2.46. The van der Waals surface area contributed by atoms with Crippen LogP contribution in [-0.4, -0.2) is 42.6 Å². The van der Waals surface area contributed by atoms with Crippen molar-refractivity contribution in [3.63, 3.8) is 0 Å². The van der Waals surface area contributed by atoms with Gasteiger partial charge in [-0.25, -0.2) is 0 Å².